The first kappa shape index (κ1) is 12.9. The number of carbonyl (C=O) groups is 2. The van der Waals surface area contributed by atoms with E-state index in [4.69, 9.17) is 10.5 Å². The van der Waals surface area contributed by atoms with E-state index in [2.05, 4.69) is 0 Å². The Morgan fingerprint density at radius 3 is 2.80 bits per heavy atom. The molecule has 6 nitrogen and oxygen atoms in total. The lowest BCUT2D eigenvalue weighted by molar-refractivity contribution is -0.122. The van der Waals surface area contributed by atoms with Crippen LogP contribution in [0.4, 0.5) is 10.5 Å². The van der Waals surface area contributed by atoms with E-state index in [0.717, 1.165) is 11.3 Å². The predicted octanol–water partition coefficient (Wildman–Crippen LogP) is 0.874. The van der Waals surface area contributed by atoms with Gasteiger partial charge in [-0.15, -0.1) is 0 Å². The van der Waals surface area contributed by atoms with E-state index < -0.39 is 12.1 Å². The first-order valence-corrected chi connectivity index (χ1v) is 6.74. The number of anilines is 1. The summed E-state index contributed by atoms with van der Waals surface area (Å²) in [5.74, 6) is -0.0917. The molecular weight excluding hydrogens is 258 g/mol. The number of cyclic esters (lactones) is 1. The molecule has 0 aromatic heterocycles. The minimum atomic E-state index is -0.616. The second-order valence-corrected chi connectivity index (χ2v) is 4.92. The average molecular weight is 275 g/mol. The van der Waals surface area contributed by atoms with Crippen molar-refractivity contribution >= 4 is 17.7 Å². The molecule has 1 saturated heterocycles. The Balaban J connectivity index is 2.05. The molecule has 0 saturated carbocycles. The van der Waals surface area contributed by atoms with Crippen LogP contribution in [0.3, 0.4) is 0 Å². The normalized spacial score (nSPS) is 25.1. The lowest BCUT2D eigenvalue weighted by Gasteiger charge is -2.26. The summed E-state index contributed by atoms with van der Waals surface area (Å²) >= 11 is 0. The summed E-state index contributed by atoms with van der Waals surface area (Å²) in [6, 6.07) is 6.68. The molecule has 2 atom stereocenters. The first-order valence-electron chi connectivity index (χ1n) is 6.74. The van der Waals surface area contributed by atoms with E-state index in [1.165, 1.54) is 4.90 Å². The molecule has 106 valence electrons. The van der Waals surface area contributed by atoms with Crippen molar-refractivity contribution in [3.8, 4) is 0 Å². The summed E-state index contributed by atoms with van der Waals surface area (Å²) in [6.45, 7) is 3.01. The van der Waals surface area contributed by atoms with E-state index in [9.17, 15) is 9.59 Å². The third kappa shape index (κ3) is 1.68. The van der Waals surface area contributed by atoms with Gasteiger partial charge in [-0.05, 0) is 13.0 Å². The van der Waals surface area contributed by atoms with Crippen LogP contribution in [0.25, 0.3) is 0 Å². The number of hydrogen-bond acceptors (Lipinski definition) is 4. The first-order chi connectivity index (χ1) is 9.69. The quantitative estimate of drug-likeness (QED) is 0.888. The SMILES string of the molecule is CCN1C(=O)C(N2C(=O)OCC2CN)c2ccccc21. The van der Waals surface area contributed by atoms with Gasteiger partial charge in [-0.1, -0.05) is 18.2 Å². The maximum absolute atomic E-state index is 12.6. The fraction of sp³-hybridized carbons (Fsp3) is 0.429. The van der Waals surface area contributed by atoms with E-state index >= 15 is 0 Å². The largest absolute Gasteiger partial charge is 0.447 e. The number of rotatable bonds is 3. The van der Waals surface area contributed by atoms with Crippen LogP contribution >= 0.6 is 0 Å². The summed E-state index contributed by atoms with van der Waals surface area (Å²) in [7, 11) is 0. The number of fused-ring (bicyclic) bond motifs is 1. The fourth-order valence-corrected chi connectivity index (χ4v) is 2.93. The highest BCUT2D eigenvalue weighted by Crippen LogP contribution is 2.41. The molecule has 2 amide bonds. The van der Waals surface area contributed by atoms with Gasteiger partial charge in [0.15, 0.2) is 0 Å². The van der Waals surface area contributed by atoms with E-state index in [0.29, 0.717) is 6.54 Å². The van der Waals surface area contributed by atoms with Gasteiger partial charge in [0.05, 0.1) is 6.04 Å². The molecule has 0 radical (unpaired) electrons. The Labute approximate surface area is 117 Å². The van der Waals surface area contributed by atoms with Crippen LogP contribution in [-0.4, -0.2) is 42.6 Å². The van der Waals surface area contributed by atoms with Crippen LogP contribution in [0, 0.1) is 0 Å². The lowest BCUT2D eigenvalue weighted by Crippen LogP contribution is -2.45. The molecule has 2 heterocycles. The van der Waals surface area contributed by atoms with E-state index in [1.807, 2.05) is 31.2 Å². The average Bonchev–Trinajstić information content (AvgIpc) is 2.95. The zero-order chi connectivity index (χ0) is 14.3. The van der Waals surface area contributed by atoms with Crippen LogP contribution in [0.5, 0.6) is 0 Å². The molecule has 0 aliphatic carbocycles. The van der Waals surface area contributed by atoms with Crippen molar-refractivity contribution in [3.05, 3.63) is 29.8 Å². The second kappa shape index (κ2) is 4.79. The van der Waals surface area contributed by atoms with Crippen LogP contribution in [0.15, 0.2) is 24.3 Å². The second-order valence-electron chi connectivity index (χ2n) is 4.92. The van der Waals surface area contributed by atoms with Crippen molar-refractivity contribution in [2.24, 2.45) is 5.73 Å². The standard InChI is InChI=1S/C14H17N3O3/c1-2-16-11-6-4-3-5-10(11)12(13(16)18)17-9(7-15)8-20-14(17)19/h3-6,9,12H,2,7-8,15H2,1H3. The van der Waals surface area contributed by atoms with Gasteiger partial charge in [-0.25, -0.2) is 4.79 Å². The number of para-hydroxylation sites is 1. The molecule has 2 aliphatic heterocycles. The molecule has 1 aromatic rings. The molecule has 2 N–H and O–H groups in total. The minimum Gasteiger partial charge on any atom is -0.447 e. The number of likely N-dealkylation sites (N-methyl/N-ethyl adjacent to an activating group) is 1. The van der Waals surface area contributed by atoms with E-state index in [-0.39, 0.29) is 25.1 Å². The number of benzene rings is 1. The van der Waals surface area contributed by atoms with Gasteiger partial charge in [0.2, 0.25) is 0 Å². The van der Waals surface area contributed by atoms with Crippen molar-refractivity contribution in [1.29, 1.82) is 0 Å². The van der Waals surface area contributed by atoms with Crippen LogP contribution in [0.2, 0.25) is 0 Å². The van der Waals surface area contributed by atoms with Gasteiger partial charge in [-0.3, -0.25) is 9.69 Å². The van der Waals surface area contributed by atoms with Crippen LogP contribution in [0.1, 0.15) is 18.5 Å². The Bertz CT molecular complexity index is 560. The Morgan fingerprint density at radius 2 is 2.10 bits per heavy atom. The highest BCUT2D eigenvalue weighted by molar-refractivity contribution is 6.06. The van der Waals surface area contributed by atoms with Gasteiger partial charge in [0.1, 0.15) is 12.6 Å². The van der Waals surface area contributed by atoms with Crippen molar-refractivity contribution in [3.63, 3.8) is 0 Å². The summed E-state index contributed by atoms with van der Waals surface area (Å²) in [4.78, 5) is 27.8. The maximum atomic E-state index is 12.6. The number of ether oxygens (including phenoxy) is 1. The van der Waals surface area contributed by atoms with Crippen molar-refractivity contribution in [2.75, 3.05) is 24.6 Å². The molecular formula is C14H17N3O3. The van der Waals surface area contributed by atoms with Crippen LogP contribution in [-0.2, 0) is 9.53 Å². The highest BCUT2D eigenvalue weighted by atomic mass is 16.6. The predicted molar refractivity (Wildman–Crippen MR) is 73.2 cm³/mol. The summed E-state index contributed by atoms with van der Waals surface area (Å²) in [5, 5.41) is 0. The monoisotopic (exact) mass is 275 g/mol. The number of nitrogens with two attached hydrogens (primary N) is 1. The maximum Gasteiger partial charge on any atom is 0.411 e. The molecule has 6 heteroatoms. The Morgan fingerprint density at radius 1 is 1.35 bits per heavy atom. The summed E-state index contributed by atoms with van der Waals surface area (Å²) in [6.07, 6.45) is -0.466. The summed E-state index contributed by atoms with van der Waals surface area (Å²) in [5.41, 5.74) is 7.39. The topological polar surface area (TPSA) is 75.9 Å². The molecule has 2 unspecified atom stereocenters. The van der Waals surface area contributed by atoms with Gasteiger partial charge in [-0.2, -0.15) is 0 Å². The molecule has 20 heavy (non-hydrogen) atoms. The van der Waals surface area contributed by atoms with Gasteiger partial charge >= 0.3 is 6.09 Å². The number of nitrogens with zero attached hydrogens (tertiary/aromatic N) is 2. The zero-order valence-electron chi connectivity index (χ0n) is 11.3. The molecule has 2 aliphatic rings. The highest BCUT2D eigenvalue weighted by Gasteiger charge is 2.47. The Hall–Kier alpha value is -2.08. The Kier molecular flexibility index (Phi) is 3.10. The molecule has 1 aromatic carbocycles. The number of carbonyl (C=O) groups excluding carboxylic acids is 2. The third-order valence-electron chi connectivity index (χ3n) is 3.89. The molecule has 1 fully saturated rings. The van der Waals surface area contributed by atoms with Gasteiger partial charge in [0, 0.05) is 24.3 Å². The molecule has 0 bridgehead atoms. The lowest BCUT2D eigenvalue weighted by atomic mass is 10.1. The number of amides is 2. The van der Waals surface area contributed by atoms with Gasteiger partial charge in [0.25, 0.3) is 5.91 Å². The summed E-state index contributed by atoms with van der Waals surface area (Å²) < 4.78 is 5.05. The molecule has 3 rings (SSSR count). The molecule has 0 spiro atoms. The van der Waals surface area contributed by atoms with Gasteiger partial charge < -0.3 is 15.4 Å². The smallest absolute Gasteiger partial charge is 0.411 e. The minimum absolute atomic E-state index is 0.0917. The van der Waals surface area contributed by atoms with E-state index in [1.54, 1.807) is 4.90 Å². The zero-order valence-corrected chi connectivity index (χ0v) is 11.3. The third-order valence-corrected chi connectivity index (χ3v) is 3.89. The number of hydrogen-bond donors (Lipinski definition) is 1. The van der Waals surface area contributed by atoms with Crippen molar-refractivity contribution in [2.45, 2.75) is 19.0 Å². The van der Waals surface area contributed by atoms with Crippen LogP contribution < -0.4 is 10.6 Å². The van der Waals surface area contributed by atoms with Crippen molar-refractivity contribution in [1.82, 2.24) is 4.90 Å². The fourth-order valence-electron chi connectivity index (χ4n) is 2.93. The van der Waals surface area contributed by atoms with Crippen molar-refractivity contribution < 1.29 is 14.3 Å².